The fourth-order valence-corrected chi connectivity index (χ4v) is 8.65. The van der Waals surface area contributed by atoms with E-state index in [1.165, 1.54) is 4.90 Å². The van der Waals surface area contributed by atoms with Crippen LogP contribution in [0.1, 0.15) is 35.6 Å². The van der Waals surface area contributed by atoms with Crippen molar-refractivity contribution < 1.29 is 33.8 Å². The van der Waals surface area contributed by atoms with Gasteiger partial charge < -0.3 is 29.7 Å². The Balaban J connectivity index is 1.33. The third-order valence-corrected chi connectivity index (χ3v) is 11.0. The second kappa shape index (κ2) is 15.0. The molecule has 0 saturated carbocycles. The number of aliphatic hydroxyl groups is 1. The Hall–Kier alpha value is -4.58. The number of halogens is 1. The smallest absolute Gasteiger partial charge is 0.306 e. The quantitative estimate of drug-likeness (QED) is 0.273. The van der Waals surface area contributed by atoms with Gasteiger partial charge >= 0.3 is 5.97 Å². The number of esters is 1. The van der Waals surface area contributed by atoms with Crippen LogP contribution in [0.5, 0.6) is 0 Å². The van der Waals surface area contributed by atoms with Crippen molar-refractivity contribution in [3.05, 3.63) is 130 Å². The highest BCUT2D eigenvalue weighted by Crippen LogP contribution is 2.59. The molecule has 5 bridgehead atoms. The van der Waals surface area contributed by atoms with E-state index in [0.29, 0.717) is 17.3 Å². The van der Waals surface area contributed by atoms with Crippen molar-refractivity contribution in [3.8, 4) is 0 Å². The number of nitrogens with zero attached hydrogens (tertiary/aromatic N) is 2. The zero-order valence-corrected chi connectivity index (χ0v) is 29.6. The summed E-state index contributed by atoms with van der Waals surface area (Å²) in [5.74, 6) is -3.72. The number of carbonyl (C=O) groups excluding carboxylic acids is 4. The zero-order chi connectivity index (χ0) is 35.5. The third-order valence-electron chi connectivity index (χ3n) is 10.3. The first-order valence-corrected chi connectivity index (χ1v) is 18.1. The fourth-order valence-electron chi connectivity index (χ4n) is 7.92. The molecule has 2 fully saturated rings. The van der Waals surface area contributed by atoms with Crippen molar-refractivity contribution in [3.63, 3.8) is 0 Å². The van der Waals surface area contributed by atoms with Crippen LogP contribution in [0.3, 0.4) is 0 Å². The SMILES string of the molecule is O=C1CC/C=C\CN(Cc2ccccc2)C(=O)[C@@H]2N([C@@H](CO)Cc3ccccc3)C(=O)[C@H]3[C@H](C(=O)N[C@H](c4ccccc4)CO1)[C@H]1O[C@@]23C=C1Br. The van der Waals surface area contributed by atoms with E-state index in [9.17, 15) is 19.5 Å². The van der Waals surface area contributed by atoms with Crippen LogP contribution in [0.2, 0.25) is 0 Å². The number of rotatable bonds is 7. The first kappa shape index (κ1) is 34.9. The van der Waals surface area contributed by atoms with Crippen LogP contribution in [-0.2, 0) is 41.6 Å². The van der Waals surface area contributed by atoms with Gasteiger partial charge in [0.2, 0.25) is 17.7 Å². The van der Waals surface area contributed by atoms with E-state index in [1.807, 2.05) is 103 Å². The minimum atomic E-state index is -1.48. The Morgan fingerprint density at radius 2 is 1.55 bits per heavy atom. The average molecular weight is 755 g/mol. The molecule has 0 unspecified atom stereocenters. The predicted molar refractivity (Wildman–Crippen MR) is 192 cm³/mol. The van der Waals surface area contributed by atoms with E-state index in [2.05, 4.69) is 21.2 Å². The Morgan fingerprint density at radius 1 is 0.882 bits per heavy atom. The number of hydrogen-bond donors (Lipinski definition) is 2. The van der Waals surface area contributed by atoms with Gasteiger partial charge in [-0.15, -0.1) is 0 Å². The topological polar surface area (TPSA) is 125 Å². The molecule has 2 N–H and O–H groups in total. The largest absolute Gasteiger partial charge is 0.463 e. The lowest BCUT2D eigenvalue weighted by molar-refractivity contribution is -0.151. The molecule has 7 rings (SSSR count). The summed E-state index contributed by atoms with van der Waals surface area (Å²) in [5.41, 5.74) is 1.03. The zero-order valence-electron chi connectivity index (χ0n) is 28.0. The van der Waals surface area contributed by atoms with Crippen molar-refractivity contribution in [2.24, 2.45) is 11.8 Å². The van der Waals surface area contributed by atoms with Crippen LogP contribution in [0, 0.1) is 11.8 Å². The van der Waals surface area contributed by atoms with Crippen molar-refractivity contribution in [2.75, 3.05) is 19.8 Å². The molecule has 0 aliphatic carbocycles. The van der Waals surface area contributed by atoms with Crippen LogP contribution in [0.15, 0.2) is 114 Å². The van der Waals surface area contributed by atoms with Gasteiger partial charge in [0.1, 0.15) is 24.4 Å². The number of amides is 3. The maximum Gasteiger partial charge on any atom is 0.306 e. The molecule has 4 aliphatic heterocycles. The molecular weight excluding hydrogens is 714 g/mol. The van der Waals surface area contributed by atoms with Gasteiger partial charge in [0.15, 0.2) is 0 Å². The summed E-state index contributed by atoms with van der Waals surface area (Å²) in [6, 6.07) is 25.6. The number of fused-ring (bicyclic) bond motifs is 2. The van der Waals surface area contributed by atoms with Gasteiger partial charge in [-0.1, -0.05) is 119 Å². The van der Waals surface area contributed by atoms with Crippen LogP contribution >= 0.6 is 15.9 Å². The van der Waals surface area contributed by atoms with Crippen molar-refractivity contribution in [1.82, 2.24) is 15.1 Å². The highest BCUT2D eigenvalue weighted by molar-refractivity contribution is 9.11. The standard InChI is InChI=1S/C40H40BrN3O7/c41-30-22-40-34-33(35(30)51-40)37(47)42-31(28-17-9-3-10-18-28)25-50-32(46)19-11-4-12-20-43(23-27-15-7-2-8-16-27)39(49)36(40)44(38(34)48)29(24-45)21-26-13-5-1-6-14-26/h1-10,12-18,22,29,31,33-36,45H,11,19-21,23-25H2,(H,42,47)/b12-4-/t29-,31+,33+,34-,35+,36+,40-/m1/s1. The Labute approximate surface area is 305 Å². The minimum Gasteiger partial charge on any atom is -0.463 e. The van der Waals surface area contributed by atoms with Gasteiger partial charge in [-0.3, -0.25) is 19.2 Å². The summed E-state index contributed by atoms with van der Waals surface area (Å²) in [5, 5.41) is 13.9. The van der Waals surface area contributed by atoms with Gasteiger partial charge in [0, 0.05) is 24.0 Å². The van der Waals surface area contributed by atoms with Crippen LogP contribution in [0.4, 0.5) is 0 Å². The van der Waals surface area contributed by atoms with Gasteiger partial charge in [-0.2, -0.15) is 0 Å². The summed E-state index contributed by atoms with van der Waals surface area (Å²) >= 11 is 3.63. The van der Waals surface area contributed by atoms with Crippen LogP contribution < -0.4 is 5.32 Å². The molecule has 3 amide bonds. The predicted octanol–water partition coefficient (Wildman–Crippen LogP) is 4.24. The van der Waals surface area contributed by atoms with Crippen LogP contribution in [0.25, 0.3) is 0 Å². The summed E-state index contributed by atoms with van der Waals surface area (Å²) in [6.07, 6.45) is 5.46. The highest BCUT2D eigenvalue weighted by Gasteiger charge is 2.75. The van der Waals surface area contributed by atoms with Gasteiger partial charge in [0.25, 0.3) is 0 Å². The number of hydrogen-bond acceptors (Lipinski definition) is 7. The van der Waals surface area contributed by atoms with Gasteiger partial charge in [-0.25, -0.2) is 0 Å². The lowest BCUT2D eigenvalue weighted by atomic mass is 9.74. The summed E-state index contributed by atoms with van der Waals surface area (Å²) in [6.45, 7) is -0.0683. The summed E-state index contributed by atoms with van der Waals surface area (Å²) < 4.78 is 12.9. The third kappa shape index (κ3) is 6.78. The highest BCUT2D eigenvalue weighted by atomic mass is 79.9. The molecule has 51 heavy (non-hydrogen) atoms. The Kier molecular flexibility index (Phi) is 10.2. The molecule has 264 valence electrons. The molecule has 4 heterocycles. The van der Waals surface area contributed by atoms with E-state index in [-0.39, 0.29) is 32.0 Å². The monoisotopic (exact) mass is 753 g/mol. The maximum absolute atomic E-state index is 15.1. The van der Waals surface area contributed by atoms with Crippen LogP contribution in [-0.4, -0.2) is 82.1 Å². The average Bonchev–Trinajstić information content (AvgIpc) is 3.75. The number of allylic oxidation sites excluding steroid dienone is 1. The molecule has 1 spiro atoms. The Morgan fingerprint density at radius 3 is 2.24 bits per heavy atom. The number of likely N-dealkylation sites (tertiary alicyclic amines) is 1. The second-order valence-corrected chi connectivity index (χ2v) is 14.4. The van der Waals surface area contributed by atoms with E-state index in [4.69, 9.17) is 9.47 Å². The Bertz CT molecular complexity index is 1820. The second-order valence-electron chi connectivity index (χ2n) is 13.5. The number of nitrogens with one attached hydrogen (secondary N) is 1. The number of carbonyl (C=O) groups is 4. The lowest BCUT2D eigenvalue weighted by Crippen LogP contribution is -2.58. The molecular formula is C40H40BrN3O7. The van der Waals surface area contributed by atoms with Gasteiger partial charge in [-0.05, 0) is 35.6 Å². The molecule has 2 saturated heterocycles. The minimum absolute atomic E-state index is 0.0982. The molecule has 0 aromatic heterocycles. The van der Waals surface area contributed by atoms with Crippen molar-refractivity contribution >= 4 is 39.6 Å². The molecule has 7 atom stereocenters. The molecule has 3 aromatic rings. The van der Waals surface area contributed by atoms with E-state index < -0.39 is 66.1 Å². The molecule has 0 radical (unpaired) electrons. The first-order chi connectivity index (χ1) is 24.8. The normalized spacial score (nSPS) is 29.3. The molecule has 3 aromatic carbocycles. The van der Waals surface area contributed by atoms with Crippen molar-refractivity contribution in [1.29, 1.82) is 0 Å². The first-order valence-electron chi connectivity index (χ1n) is 17.3. The fraction of sp³-hybridized carbons (Fsp3) is 0.350. The maximum atomic E-state index is 15.1. The summed E-state index contributed by atoms with van der Waals surface area (Å²) in [7, 11) is 0. The molecule has 10 nitrogen and oxygen atoms in total. The number of benzene rings is 3. The van der Waals surface area contributed by atoms with Crippen molar-refractivity contribution in [2.45, 2.75) is 55.6 Å². The van der Waals surface area contributed by atoms with Gasteiger partial charge in [0.05, 0.1) is 30.5 Å². The number of aliphatic hydroxyl groups excluding tert-OH is 1. The summed E-state index contributed by atoms with van der Waals surface area (Å²) in [4.78, 5) is 60.5. The van der Waals surface area contributed by atoms with E-state index in [0.717, 1.165) is 16.7 Å². The number of cyclic esters (lactones) is 1. The van der Waals surface area contributed by atoms with E-state index >= 15 is 4.79 Å². The lowest BCUT2D eigenvalue weighted by Gasteiger charge is -2.39. The number of ether oxygens (including phenoxy) is 2. The van der Waals surface area contributed by atoms with E-state index in [1.54, 1.807) is 11.0 Å². The molecule has 11 heteroatoms. The molecule has 4 aliphatic rings.